The molecule has 4 nitrogen and oxygen atoms in total. The number of epoxide rings is 1. The van der Waals surface area contributed by atoms with E-state index in [-0.39, 0.29) is 6.10 Å². The number of carbonyl (C=O) groups excluding carboxylic acids is 1. The topological polar surface area (TPSA) is 48.1 Å². The number of ether oxygens (including phenoxy) is 3. The standard InChI is InChI=1S/C20H16O4/c1-2-18(21)24-20-16-9-5-3-7-14(16)19(23-12-13-11-22-13)15-8-4-6-10-17(15)20/h2-10,13H,1,11-12H2. The lowest BCUT2D eigenvalue weighted by atomic mass is 10.0. The van der Waals surface area contributed by atoms with Crippen LogP contribution >= 0.6 is 0 Å². The van der Waals surface area contributed by atoms with Crippen molar-refractivity contribution >= 4 is 27.5 Å². The van der Waals surface area contributed by atoms with Crippen LogP contribution in [0, 0.1) is 0 Å². The molecule has 0 spiro atoms. The Morgan fingerprint density at radius 1 is 1.04 bits per heavy atom. The van der Waals surface area contributed by atoms with Gasteiger partial charge in [-0.25, -0.2) is 4.79 Å². The highest BCUT2D eigenvalue weighted by molar-refractivity contribution is 6.12. The number of fused-ring (bicyclic) bond motifs is 2. The Bertz CT molecular complexity index is 884. The molecular weight excluding hydrogens is 304 g/mol. The van der Waals surface area contributed by atoms with Gasteiger partial charge in [0.2, 0.25) is 0 Å². The largest absolute Gasteiger partial charge is 0.489 e. The zero-order valence-corrected chi connectivity index (χ0v) is 13.0. The van der Waals surface area contributed by atoms with Crippen molar-refractivity contribution in [2.24, 2.45) is 0 Å². The third-order valence-electron chi connectivity index (χ3n) is 4.02. The monoisotopic (exact) mass is 320 g/mol. The van der Waals surface area contributed by atoms with E-state index in [1.54, 1.807) is 0 Å². The summed E-state index contributed by atoms with van der Waals surface area (Å²) in [5, 5.41) is 3.48. The SMILES string of the molecule is C=CC(=O)Oc1c2ccccc2c(OCC2CO2)c2ccccc12. The molecule has 1 aliphatic heterocycles. The van der Waals surface area contributed by atoms with Gasteiger partial charge in [-0.15, -0.1) is 0 Å². The fraction of sp³-hybridized carbons (Fsp3) is 0.150. The smallest absolute Gasteiger partial charge is 0.335 e. The number of benzene rings is 3. The van der Waals surface area contributed by atoms with E-state index in [2.05, 4.69) is 6.58 Å². The number of hydrogen-bond donors (Lipinski definition) is 0. The van der Waals surface area contributed by atoms with Gasteiger partial charge in [0, 0.05) is 27.6 Å². The molecule has 4 rings (SSSR count). The highest BCUT2D eigenvalue weighted by Crippen LogP contribution is 2.42. The summed E-state index contributed by atoms with van der Waals surface area (Å²) in [6.45, 7) is 4.73. The summed E-state index contributed by atoms with van der Waals surface area (Å²) < 4.78 is 16.8. The molecule has 0 amide bonds. The normalized spacial score (nSPS) is 16.1. The zero-order valence-electron chi connectivity index (χ0n) is 13.0. The zero-order chi connectivity index (χ0) is 16.5. The minimum absolute atomic E-state index is 0.167. The molecule has 0 saturated carbocycles. The molecule has 3 aromatic rings. The molecule has 24 heavy (non-hydrogen) atoms. The Morgan fingerprint density at radius 2 is 1.54 bits per heavy atom. The lowest BCUT2D eigenvalue weighted by Gasteiger charge is -2.16. The molecule has 0 aromatic heterocycles. The second kappa shape index (κ2) is 5.98. The quantitative estimate of drug-likeness (QED) is 0.235. The van der Waals surface area contributed by atoms with Gasteiger partial charge in [-0.1, -0.05) is 55.1 Å². The molecule has 4 heteroatoms. The predicted octanol–water partition coefficient (Wildman–Crippen LogP) is 3.86. The fourth-order valence-electron chi connectivity index (χ4n) is 2.80. The third-order valence-corrected chi connectivity index (χ3v) is 4.02. The van der Waals surface area contributed by atoms with Crippen molar-refractivity contribution in [1.29, 1.82) is 0 Å². The predicted molar refractivity (Wildman–Crippen MR) is 92.5 cm³/mol. The van der Waals surface area contributed by atoms with E-state index in [9.17, 15) is 4.79 Å². The Kier molecular flexibility index (Phi) is 3.67. The summed E-state index contributed by atoms with van der Waals surface area (Å²) >= 11 is 0. The molecule has 1 heterocycles. The van der Waals surface area contributed by atoms with Gasteiger partial charge in [-0.3, -0.25) is 0 Å². The van der Waals surface area contributed by atoms with Crippen LogP contribution in [-0.2, 0) is 9.53 Å². The molecule has 1 aliphatic rings. The van der Waals surface area contributed by atoms with Gasteiger partial charge in [-0.2, -0.15) is 0 Å². The Morgan fingerprint density at radius 3 is 2.00 bits per heavy atom. The molecule has 3 aromatic carbocycles. The van der Waals surface area contributed by atoms with Gasteiger partial charge in [0.15, 0.2) is 0 Å². The van der Waals surface area contributed by atoms with Gasteiger partial charge in [0.05, 0.1) is 6.61 Å². The van der Waals surface area contributed by atoms with Crippen LogP contribution in [0.15, 0.2) is 61.2 Å². The Labute approximate surface area is 139 Å². The summed E-state index contributed by atoms with van der Waals surface area (Å²) in [6, 6.07) is 15.5. The summed E-state index contributed by atoms with van der Waals surface area (Å²) in [7, 11) is 0. The van der Waals surface area contributed by atoms with Crippen molar-refractivity contribution < 1.29 is 19.0 Å². The first-order valence-corrected chi connectivity index (χ1v) is 7.80. The van der Waals surface area contributed by atoms with Gasteiger partial charge in [0.25, 0.3) is 0 Å². The van der Waals surface area contributed by atoms with Crippen LogP contribution in [0.25, 0.3) is 21.5 Å². The summed E-state index contributed by atoms with van der Waals surface area (Å²) in [4.78, 5) is 11.8. The van der Waals surface area contributed by atoms with Crippen LogP contribution in [0.5, 0.6) is 11.5 Å². The minimum atomic E-state index is -0.481. The van der Waals surface area contributed by atoms with Gasteiger partial charge < -0.3 is 14.2 Å². The summed E-state index contributed by atoms with van der Waals surface area (Å²) in [5.41, 5.74) is 0. The van der Waals surface area contributed by atoms with Crippen LogP contribution in [0.2, 0.25) is 0 Å². The molecule has 0 N–H and O–H groups in total. The Balaban J connectivity index is 1.97. The maximum atomic E-state index is 11.8. The van der Waals surface area contributed by atoms with E-state index in [1.165, 1.54) is 6.08 Å². The van der Waals surface area contributed by atoms with Crippen LogP contribution in [0.1, 0.15) is 0 Å². The molecule has 0 radical (unpaired) electrons. The molecule has 0 bridgehead atoms. The van der Waals surface area contributed by atoms with Crippen molar-refractivity contribution in [2.75, 3.05) is 13.2 Å². The number of hydrogen-bond acceptors (Lipinski definition) is 4. The number of carbonyl (C=O) groups is 1. The highest BCUT2D eigenvalue weighted by Gasteiger charge is 2.24. The van der Waals surface area contributed by atoms with Crippen LogP contribution in [0.3, 0.4) is 0 Å². The van der Waals surface area contributed by atoms with Gasteiger partial charge in [-0.05, 0) is 0 Å². The lowest BCUT2D eigenvalue weighted by molar-refractivity contribution is -0.128. The molecule has 1 fully saturated rings. The van der Waals surface area contributed by atoms with E-state index in [0.717, 1.165) is 33.9 Å². The maximum absolute atomic E-state index is 11.8. The summed E-state index contributed by atoms with van der Waals surface area (Å²) in [6.07, 6.45) is 1.33. The van der Waals surface area contributed by atoms with E-state index in [1.807, 2.05) is 48.5 Å². The molecule has 1 atom stereocenters. The van der Waals surface area contributed by atoms with Crippen molar-refractivity contribution in [3.05, 3.63) is 61.2 Å². The third kappa shape index (κ3) is 2.61. The molecular formula is C20H16O4. The first-order valence-electron chi connectivity index (χ1n) is 7.80. The molecule has 1 saturated heterocycles. The highest BCUT2D eigenvalue weighted by atomic mass is 16.6. The molecule has 120 valence electrons. The number of rotatable bonds is 5. The van der Waals surface area contributed by atoms with Crippen molar-refractivity contribution in [1.82, 2.24) is 0 Å². The van der Waals surface area contributed by atoms with Gasteiger partial charge in [0.1, 0.15) is 24.2 Å². The first-order chi connectivity index (χ1) is 11.8. The molecule has 0 aliphatic carbocycles. The number of esters is 1. The van der Waals surface area contributed by atoms with E-state index >= 15 is 0 Å². The summed E-state index contributed by atoms with van der Waals surface area (Å²) in [5.74, 6) is 0.835. The first kappa shape index (κ1) is 14.7. The van der Waals surface area contributed by atoms with Crippen LogP contribution in [0.4, 0.5) is 0 Å². The van der Waals surface area contributed by atoms with Crippen LogP contribution < -0.4 is 9.47 Å². The average molecular weight is 320 g/mol. The lowest BCUT2D eigenvalue weighted by Crippen LogP contribution is -2.07. The van der Waals surface area contributed by atoms with Crippen molar-refractivity contribution in [3.8, 4) is 11.5 Å². The van der Waals surface area contributed by atoms with Crippen LogP contribution in [-0.4, -0.2) is 25.3 Å². The second-order valence-electron chi connectivity index (χ2n) is 5.64. The van der Waals surface area contributed by atoms with Crippen molar-refractivity contribution in [2.45, 2.75) is 6.10 Å². The molecule has 1 unspecified atom stereocenters. The van der Waals surface area contributed by atoms with Crippen molar-refractivity contribution in [3.63, 3.8) is 0 Å². The maximum Gasteiger partial charge on any atom is 0.335 e. The second-order valence-corrected chi connectivity index (χ2v) is 5.64. The van der Waals surface area contributed by atoms with E-state index in [4.69, 9.17) is 14.2 Å². The van der Waals surface area contributed by atoms with E-state index in [0.29, 0.717) is 12.4 Å². The fourth-order valence-corrected chi connectivity index (χ4v) is 2.80. The van der Waals surface area contributed by atoms with Gasteiger partial charge >= 0.3 is 5.97 Å². The van der Waals surface area contributed by atoms with E-state index < -0.39 is 5.97 Å². The average Bonchev–Trinajstić information content (AvgIpc) is 3.45. The minimum Gasteiger partial charge on any atom is -0.489 e. The Hall–Kier alpha value is -2.85.